The van der Waals surface area contributed by atoms with E-state index in [-0.39, 0.29) is 35.8 Å². The van der Waals surface area contributed by atoms with Crippen molar-refractivity contribution >= 4 is 11.8 Å². The molecule has 4 atom stereocenters. The van der Waals surface area contributed by atoms with Crippen LogP contribution in [0.4, 0.5) is 0 Å². The summed E-state index contributed by atoms with van der Waals surface area (Å²) in [6.07, 6.45) is 2.98. The number of nitrogens with one attached hydrogen (secondary N) is 1. The highest BCUT2D eigenvalue weighted by Gasteiger charge is 2.44. The zero-order valence-electron chi connectivity index (χ0n) is 13.6. The van der Waals surface area contributed by atoms with Crippen molar-refractivity contribution in [2.45, 2.75) is 65.1 Å². The first-order chi connectivity index (χ1) is 9.95. The summed E-state index contributed by atoms with van der Waals surface area (Å²) in [5, 5.41) is 2.91. The van der Waals surface area contributed by atoms with Crippen LogP contribution in [0, 0.1) is 11.8 Å². The topological polar surface area (TPSA) is 58.6 Å². The second-order valence-electron chi connectivity index (χ2n) is 6.69. The molecule has 2 aliphatic rings. The SMILES string of the molecule is CCC(C)C1C(=O)NC(C(C)C)C(=O)N1CC1CCCO1. The van der Waals surface area contributed by atoms with Gasteiger partial charge in [0.25, 0.3) is 0 Å². The Balaban J connectivity index is 2.20. The lowest BCUT2D eigenvalue weighted by Gasteiger charge is -2.43. The molecule has 2 aliphatic heterocycles. The number of hydrogen-bond acceptors (Lipinski definition) is 3. The van der Waals surface area contributed by atoms with Gasteiger partial charge in [-0.05, 0) is 24.7 Å². The highest BCUT2D eigenvalue weighted by atomic mass is 16.5. The predicted octanol–water partition coefficient (Wildman–Crippen LogP) is 1.56. The molecular weight excluding hydrogens is 268 g/mol. The van der Waals surface area contributed by atoms with Crippen molar-refractivity contribution in [1.29, 1.82) is 0 Å². The van der Waals surface area contributed by atoms with Crippen LogP contribution in [0.1, 0.15) is 47.0 Å². The van der Waals surface area contributed by atoms with Gasteiger partial charge in [0.2, 0.25) is 11.8 Å². The number of hydrogen-bond donors (Lipinski definition) is 1. The number of nitrogens with zero attached hydrogens (tertiary/aromatic N) is 1. The minimum absolute atomic E-state index is 0.0133. The second-order valence-corrected chi connectivity index (χ2v) is 6.69. The van der Waals surface area contributed by atoms with Gasteiger partial charge >= 0.3 is 0 Å². The molecule has 2 rings (SSSR count). The number of rotatable bonds is 5. The van der Waals surface area contributed by atoms with E-state index >= 15 is 0 Å². The van der Waals surface area contributed by atoms with E-state index < -0.39 is 6.04 Å². The van der Waals surface area contributed by atoms with Crippen molar-refractivity contribution < 1.29 is 14.3 Å². The molecule has 0 radical (unpaired) electrons. The van der Waals surface area contributed by atoms with Gasteiger partial charge in [0.05, 0.1) is 6.10 Å². The molecule has 21 heavy (non-hydrogen) atoms. The van der Waals surface area contributed by atoms with Crippen LogP contribution in [-0.2, 0) is 14.3 Å². The summed E-state index contributed by atoms with van der Waals surface area (Å²) in [4.78, 5) is 27.1. The highest BCUT2D eigenvalue weighted by Crippen LogP contribution is 2.25. The maximum Gasteiger partial charge on any atom is 0.246 e. The molecule has 0 aliphatic carbocycles. The highest BCUT2D eigenvalue weighted by molar-refractivity contribution is 5.97. The van der Waals surface area contributed by atoms with Gasteiger partial charge in [-0.15, -0.1) is 0 Å². The Morgan fingerprint density at radius 1 is 1.33 bits per heavy atom. The van der Waals surface area contributed by atoms with Crippen LogP contribution in [0.3, 0.4) is 0 Å². The van der Waals surface area contributed by atoms with Crippen LogP contribution in [0.2, 0.25) is 0 Å². The number of amides is 2. The summed E-state index contributed by atoms with van der Waals surface area (Å²) >= 11 is 0. The third-order valence-electron chi connectivity index (χ3n) is 4.73. The molecule has 5 heteroatoms. The third-order valence-corrected chi connectivity index (χ3v) is 4.73. The summed E-state index contributed by atoms with van der Waals surface area (Å²) in [6, 6.07) is -0.763. The van der Waals surface area contributed by atoms with E-state index in [1.807, 2.05) is 20.8 Å². The summed E-state index contributed by atoms with van der Waals surface area (Å²) < 4.78 is 5.67. The van der Waals surface area contributed by atoms with Crippen molar-refractivity contribution in [3.05, 3.63) is 0 Å². The zero-order valence-corrected chi connectivity index (χ0v) is 13.6. The molecule has 2 saturated heterocycles. The summed E-state index contributed by atoms with van der Waals surface area (Å²) in [5.74, 6) is 0.292. The van der Waals surface area contributed by atoms with Crippen molar-refractivity contribution in [1.82, 2.24) is 10.2 Å². The van der Waals surface area contributed by atoms with Gasteiger partial charge in [0, 0.05) is 13.2 Å². The first kappa shape index (κ1) is 16.3. The predicted molar refractivity (Wildman–Crippen MR) is 80.7 cm³/mol. The fraction of sp³-hybridized carbons (Fsp3) is 0.875. The van der Waals surface area contributed by atoms with Gasteiger partial charge in [-0.2, -0.15) is 0 Å². The van der Waals surface area contributed by atoms with Gasteiger partial charge in [-0.25, -0.2) is 0 Å². The monoisotopic (exact) mass is 296 g/mol. The van der Waals surface area contributed by atoms with E-state index in [0.717, 1.165) is 25.9 Å². The number of piperazine rings is 1. The molecular formula is C16H28N2O3. The Morgan fingerprint density at radius 3 is 2.57 bits per heavy atom. The minimum Gasteiger partial charge on any atom is -0.376 e. The molecule has 120 valence electrons. The van der Waals surface area contributed by atoms with E-state index in [4.69, 9.17) is 4.74 Å². The maximum absolute atomic E-state index is 12.8. The van der Waals surface area contributed by atoms with Gasteiger partial charge in [-0.3, -0.25) is 9.59 Å². The maximum atomic E-state index is 12.8. The summed E-state index contributed by atoms with van der Waals surface area (Å²) in [7, 11) is 0. The summed E-state index contributed by atoms with van der Waals surface area (Å²) in [6.45, 7) is 9.34. The molecule has 2 fully saturated rings. The van der Waals surface area contributed by atoms with Crippen molar-refractivity contribution in [3.8, 4) is 0 Å². The average Bonchev–Trinajstić information content (AvgIpc) is 2.94. The van der Waals surface area contributed by atoms with E-state index in [0.29, 0.717) is 6.54 Å². The molecule has 2 heterocycles. The molecule has 1 N–H and O–H groups in total. The van der Waals surface area contributed by atoms with Gasteiger partial charge < -0.3 is 15.0 Å². The quantitative estimate of drug-likeness (QED) is 0.837. The minimum atomic E-state index is -0.404. The third kappa shape index (κ3) is 3.39. The van der Waals surface area contributed by atoms with E-state index in [1.54, 1.807) is 4.90 Å². The van der Waals surface area contributed by atoms with E-state index in [2.05, 4.69) is 12.2 Å². The summed E-state index contributed by atoms with van der Waals surface area (Å²) in [5.41, 5.74) is 0. The molecule has 0 bridgehead atoms. The normalized spacial score (nSPS) is 31.7. The Morgan fingerprint density at radius 2 is 2.05 bits per heavy atom. The molecule has 0 spiro atoms. The number of carbonyl (C=O) groups excluding carboxylic acids is 2. The lowest BCUT2D eigenvalue weighted by Crippen LogP contribution is -2.67. The van der Waals surface area contributed by atoms with Gasteiger partial charge in [-0.1, -0.05) is 34.1 Å². The van der Waals surface area contributed by atoms with Crippen LogP contribution in [0.5, 0.6) is 0 Å². The molecule has 2 amide bonds. The van der Waals surface area contributed by atoms with Crippen molar-refractivity contribution in [2.75, 3.05) is 13.2 Å². The second kappa shape index (κ2) is 6.77. The molecule has 4 unspecified atom stereocenters. The first-order valence-electron chi connectivity index (χ1n) is 8.18. The smallest absolute Gasteiger partial charge is 0.246 e. The first-order valence-corrected chi connectivity index (χ1v) is 8.18. The van der Waals surface area contributed by atoms with Crippen molar-refractivity contribution in [2.24, 2.45) is 11.8 Å². The lowest BCUT2D eigenvalue weighted by atomic mass is 9.90. The standard InChI is InChI=1S/C16H28N2O3/c1-5-11(4)14-15(19)17-13(10(2)3)16(20)18(14)9-12-7-6-8-21-12/h10-14H,5-9H2,1-4H3,(H,17,19). The van der Waals surface area contributed by atoms with Crippen LogP contribution in [0.15, 0.2) is 0 Å². The molecule has 5 nitrogen and oxygen atoms in total. The zero-order chi connectivity index (χ0) is 15.6. The number of carbonyl (C=O) groups is 2. The van der Waals surface area contributed by atoms with Crippen LogP contribution >= 0.6 is 0 Å². The van der Waals surface area contributed by atoms with Crippen LogP contribution in [0.25, 0.3) is 0 Å². The Hall–Kier alpha value is -1.10. The van der Waals surface area contributed by atoms with E-state index in [1.165, 1.54) is 0 Å². The van der Waals surface area contributed by atoms with Gasteiger partial charge in [0.15, 0.2) is 0 Å². The molecule has 0 saturated carbocycles. The largest absolute Gasteiger partial charge is 0.376 e. The van der Waals surface area contributed by atoms with Crippen molar-refractivity contribution in [3.63, 3.8) is 0 Å². The molecule has 0 aromatic carbocycles. The Labute approximate surface area is 127 Å². The van der Waals surface area contributed by atoms with Crippen LogP contribution in [-0.4, -0.2) is 48.1 Å². The van der Waals surface area contributed by atoms with Gasteiger partial charge in [0.1, 0.15) is 12.1 Å². The fourth-order valence-corrected chi connectivity index (χ4v) is 3.21. The lowest BCUT2D eigenvalue weighted by molar-refractivity contribution is -0.154. The Kier molecular flexibility index (Phi) is 5.25. The van der Waals surface area contributed by atoms with Crippen LogP contribution < -0.4 is 5.32 Å². The Bertz CT molecular complexity index is 391. The molecule has 0 aromatic rings. The van der Waals surface area contributed by atoms with E-state index in [9.17, 15) is 9.59 Å². The number of ether oxygens (including phenoxy) is 1. The fourth-order valence-electron chi connectivity index (χ4n) is 3.21. The average molecular weight is 296 g/mol. The molecule has 0 aromatic heterocycles.